The fourth-order valence-corrected chi connectivity index (χ4v) is 4.18. The molecule has 21 heavy (non-hydrogen) atoms. The molecule has 0 aromatic carbocycles. The van der Waals surface area contributed by atoms with E-state index in [4.69, 9.17) is 5.73 Å². The number of imide groups is 1. The Morgan fingerprint density at radius 2 is 2.05 bits per heavy atom. The number of nitrogens with two attached hydrogens (primary N) is 1. The van der Waals surface area contributed by atoms with E-state index in [1.165, 1.54) is 4.90 Å². The van der Waals surface area contributed by atoms with Gasteiger partial charge in [-0.2, -0.15) is 0 Å². The molecule has 4 atom stereocenters. The van der Waals surface area contributed by atoms with Crippen LogP contribution in [0.2, 0.25) is 0 Å². The summed E-state index contributed by atoms with van der Waals surface area (Å²) in [6.45, 7) is 3.07. The molecule has 1 heterocycles. The fraction of sp³-hybridized carbons (Fsp3) is 0.800. The lowest BCUT2D eigenvalue weighted by Crippen LogP contribution is -2.58. The zero-order chi connectivity index (χ0) is 15.2. The Kier molecular flexibility index (Phi) is 3.51. The maximum atomic E-state index is 12.0. The highest BCUT2D eigenvalue weighted by atomic mass is 16.2. The van der Waals surface area contributed by atoms with Crippen LogP contribution >= 0.6 is 0 Å². The van der Waals surface area contributed by atoms with Crippen LogP contribution in [0, 0.1) is 17.8 Å². The minimum atomic E-state index is -0.663. The number of fused-ring (bicyclic) bond motifs is 1. The SMILES string of the molecule is CCNC1(C(N)=O)CCCC1CCN1C(=O)C2CC2C1=O. The van der Waals surface area contributed by atoms with Crippen LogP contribution in [0.25, 0.3) is 0 Å². The molecule has 116 valence electrons. The molecule has 4 unspecified atom stereocenters. The number of carbonyl (C=O) groups excluding carboxylic acids is 3. The number of rotatable bonds is 6. The Bertz CT molecular complexity index is 473. The lowest BCUT2D eigenvalue weighted by molar-refractivity contribution is -0.141. The monoisotopic (exact) mass is 293 g/mol. The standard InChI is InChI=1S/C15H23N3O3/c1-2-17-15(14(16)21)6-3-4-9(15)5-7-18-12(19)10-8-11(10)13(18)20/h9-11,17H,2-8H2,1H3,(H2,16,21). The number of likely N-dealkylation sites (tertiary alicyclic amines) is 1. The van der Waals surface area contributed by atoms with E-state index < -0.39 is 5.54 Å². The first-order valence-electron chi connectivity index (χ1n) is 7.91. The average Bonchev–Trinajstić information content (AvgIpc) is 3.08. The third kappa shape index (κ3) is 2.16. The Labute approximate surface area is 124 Å². The predicted molar refractivity (Wildman–Crippen MR) is 75.9 cm³/mol. The summed E-state index contributed by atoms with van der Waals surface area (Å²) >= 11 is 0. The van der Waals surface area contributed by atoms with Crippen molar-refractivity contribution in [3.05, 3.63) is 0 Å². The summed E-state index contributed by atoms with van der Waals surface area (Å²) in [5.41, 5.74) is 4.96. The van der Waals surface area contributed by atoms with Crippen LogP contribution in [0.1, 0.15) is 39.0 Å². The molecular weight excluding hydrogens is 270 g/mol. The van der Waals surface area contributed by atoms with Gasteiger partial charge >= 0.3 is 0 Å². The van der Waals surface area contributed by atoms with Crippen LogP contribution < -0.4 is 11.1 Å². The molecule has 0 aromatic heterocycles. The highest BCUT2D eigenvalue weighted by Crippen LogP contribution is 2.47. The molecular formula is C15H23N3O3. The molecule has 3 aliphatic rings. The first-order valence-corrected chi connectivity index (χ1v) is 7.91. The van der Waals surface area contributed by atoms with Crippen molar-refractivity contribution in [2.45, 2.75) is 44.6 Å². The molecule has 3 rings (SSSR count). The van der Waals surface area contributed by atoms with Crippen molar-refractivity contribution in [3.63, 3.8) is 0 Å². The minimum Gasteiger partial charge on any atom is -0.368 e. The van der Waals surface area contributed by atoms with Crippen molar-refractivity contribution in [2.24, 2.45) is 23.5 Å². The molecule has 0 radical (unpaired) electrons. The molecule has 0 aromatic rings. The number of carbonyl (C=O) groups is 3. The van der Waals surface area contributed by atoms with Gasteiger partial charge in [0.15, 0.2) is 0 Å². The Morgan fingerprint density at radius 1 is 1.38 bits per heavy atom. The van der Waals surface area contributed by atoms with E-state index >= 15 is 0 Å². The van der Waals surface area contributed by atoms with E-state index in [0.29, 0.717) is 19.5 Å². The highest BCUT2D eigenvalue weighted by Gasteiger charge is 2.59. The van der Waals surface area contributed by atoms with Crippen molar-refractivity contribution in [1.82, 2.24) is 10.2 Å². The average molecular weight is 293 g/mol. The number of primary amides is 1. The van der Waals surface area contributed by atoms with Crippen LogP contribution in [-0.4, -0.2) is 41.2 Å². The van der Waals surface area contributed by atoms with Crippen molar-refractivity contribution >= 4 is 17.7 Å². The van der Waals surface area contributed by atoms with Crippen LogP contribution in [0.3, 0.4) is 0 Å². The molecule has 3 amide bonds. The quantitative estimate of drug-likeness (QED) is 0.675. The summed E-state index contributed by atoms with van der Waals surface area (Å²) in [5.74, 6) is -0.333. The lowest BCUT2D eigenvalue weighted by Gasteiger charge is -2.34. The second-order valence-corrected chi connectivity index (χ2v) is 6.52. The van der Waals surface area contributed by atoms with Crippen LogP contribution in [-0.2, 0) is 14.4 Å². The van der Waals surface area contributed by atoms with Gasteiger partial charge in [0.25, 0.3) is 0 Å². The van der Waals surface area contributed by atoms with E-state index in [2.05, 4.69) is 5.32 Å². The van der Waals surface area contributed by atoms with Gasteiger partial charge in [-0.3, -0.25) is 19.3 Å². The van der Waals surface area contributed by atoms with E-state index in [9.17, 15) is 14.4 Å². The molecule has 1 saturated heterocycles. The van der Waals surface area contributed by atoms with Crippen LogP contribution in [0.4, 0.5) is 0 Å². The zero-order valence-electron chi connectivity index (χ0n) is 12.4. The number of nitrogens with one attached hydrogen (secondary N) is 1. The molecule has 0 spiro atoms. The summed E-state index contributed by atoms with van der Waals surface area (Å²) in [6, 6.07) is 0. The van der Waals surface area contributed by atoms with Crippen molar-refractivity contribution in [1.29, 1.82) is 0 Å². The first-order chi connectivity index (χ1) is 10.0. The van der Waals surface area contributed by atoms with Crippen LogP contribution in [0.15, 0.2) is 0 Å². The molecule has 2 aliphatic carbocycles. The van der Waals surface area contributed by atoms with Crippen molar-refractivity contribution in [2.75, 3.05) is 13.1 Å². The third-order valence-electron chi connectivity index (χ3n) is 5.41. The summed E-state index contributed by atoms with van der Waals surface area (Å²) in [7, 11) is 0. The number of hydrogen-bond acceptors (Lipinski definition) is 4. The maximum absolute atomic E-state index is 12.0. The van der Waals surface area contributed by atoms with E-state index in [1.807, 2.05) is 6.92 Å². The van der Waals surface area contributed by atoms with Crippen molar-refractivity contribution in [3.8, 4) is 0 Å². The smallest absolute Gasteiger partial charge is 0.238 e. The summed E-state index contributed by atoms with van der Waals surface area (Å²) in [5, 5.41) is 3.26. The number of nitrogens with zero attached hydrogens (tertiary/aromatic N) is 1. The molecule has 0 bridgehead atoms. The molecule has 1 aliphatic heterocycles. The summed E-state index contributed by atoms with van der Waals surface area (Å²) < 4.78 is 0. The summed E-state index contributed by atoms with van der Waals surface area (Å²) in [4.78, 5) is 37.3. The molecule has 2 saturated carbocycles. The largest absolute Gasteiger partial charge is 0.368 e. The van der Waals surface area contributed by atoms with Crippen LogP contribution in [0.5, 0.6) is 0 Å². The van der Waals surface area contributed by atoms with E-state index in [0.717, 1.165) is 25.7 Å². The second kappa shape index (κ2) is 5.09. The second-order valence-electron chi connectivity index (χ2n) is 6.52. The van der Waals surface area contributed by atoms with Gasteiger partial charge in [0.05, 0.1) is 11.8 Å². The van der Waals surface area contributed by atoms with Gasteiger partial charge in [-0.1, -0.05) is 13.3 Å². The van der Waals surface area contributed by atoms with E-state index in [-0.39, 0.29) is 35.5 Å². The number of piperidine rings is 1. The predicted octanol–water partition coefficient (Wildman–Crippen LogP) is 0.0151. The fourth-order valence-electron chi connectivity index (χ4n) is 4.18. The lowest BCUT2D eigenvalue weighted by atomic mass is 9.83. The maximum Gasteiger partial charge on any atom is 0.238 e. The summed E-state index contributed by atoms with van der Waals surface area (Å²) in [6.07, 6.45) is 4.01. The van der Waals surface area contributed by atoms with Gasteiger partial charge in [0, 0.05) is 6.54 Å². The number of hydrogen-bond donors (Lipinski definition) is 2. The van der Waals surface area contributed by atoms with Gasteiger partial charge in [-0.05, 0) is 38.1 Å². The van der Waals surface area contributed by atoms with Gasteiger partial charge in [0.2, 0.25) is 17.7 Å². The topological polar surface area (TPSA) is 92.5 Å². The van der Waals surface area contributed by atoms with Gasteiger partial charge in [0.1, 0.15) is 5.54 Å². The molecule has 3 fully saturated rings. The third-order valence-corrected chi connectivity index (χ3v) is 5.41. The Balaban J connectivity index is 1.65. The normalized spacial score (nSPS) is 38.0. The molecule has 3 N–H and O–H groups in total. The van der Waals surface area contributed by atoms with Gasteiger partial charge in [-0.25, -0.2) is 0 Å². The first kappa shape index (κ1) is 14.5. The van der Waals surface area contributed by atoms with Gasteiger partial charge in [-0.15, -0.1) is 0 Å². The van der Waals surface area contributed by atoms with Crippen molar-refractivity contribution < 1.29 is 14.4 Å². The number of amides is 3. The zero-order valence-corrected chi connectivity index (χ0v) is 12.4. The Morgan fingerprint density at radius 3 is 2.62 bits per heavy atom. The molecule has 6 nitrogen and oxygen atoms in total. The molecule has 6 heteroatoms. The Hall–Kier alpha value is -1.43. The van der Waals surface area contributed by atoms with E-state index in [1.54, 1.807) is 0 Å². The minimum absolute atomic E-state index is 0.0175. The number of likely N-dealkylation sites (N-methyl/N-ethyl adjacent to an activating group) is 1. The van der Waals surface area contributed by atoms with Gasteiger partial charge < -0.3 is 11.1 Å². The highest BCUT2D eigenvalue weighted by molar-refractivity contribution is 6.08.